The molecule has 0 fully saturated rings. The van der Waals surface area contributed by atoms with Crippen LogP contribution in [0.25, 0.3) is 10.9 Å². The van der Waals surface area contributed by atoms with Gasteiger partial charge in [0.15, 0.2) is 0 Å². The van der Waals surface area contributed by atoms with Crippen LogP contribution in [0.4, 0.5) is 0 Å². The summed E-state index contributed by atoms with van der Waals surface area (Å²) in [5, 5.41) is 3.17. The van der Waals surface area contributed by atoms with E-state index in [0.717, 1.165) is 4.47 Å². The molecule has 2 aromatic rings. The van der Waals surface area contributed by atoms with Crippen LogP contribution in [0.1, 0.15) is 13.8 Å². The minimum Gasteiger partial charge on any atom is -0.353 e. The van der Waals surface area contributed by atoms with E-state index in [9.17, 15) is 9.59 Å². The van der Waals surface area contributed by atoms with Gasteiger partial charge in [-0.2, -0.15) is 0 Å². The Morgan fingerprint density at radius 1 is 1.45 bits per heavy atom. The lowest BCUT2D eigenvalue weighted by atomic mass is 10.1. The zero-order valence-electron chi connectivity index (χ0n) is 12.3. The number of hydrogen-bond acceptors (Lipinski definition) is 4. The topological polar surface area (TPSA) is 90.0 Å². The summed E-state index contributed by atoms with van der Waals surface area (Å²) in [5.41, 5.74) is 5.66. The van der Waals surface area contributed by atoms with Gasteiger partial charge in [-0.05, 0) is 32.0 Å². The highest BCUT2D eigenvalue weighted by Crippen LogP contribution is 2.14. The lowest BCUT2D eigenvalue weighted by Gasteiger charge is -2.19. The van der Waals surface area contributed by atoms with Crippen molar-refractivity contribution in [3.05, 3.63) is 39.4 Å². The Morgan fingerprint density at radius 3 is 2.77 bits per heavy atom. The summed E-state index contributed by atoms with van der Waals surface area (Å²) in [4.78, 5) is 28.3. The van der Waals surface area contributed by atoms with Crippen LogP contribution >= 0.6 is 28.3 Å². The minimum absolute atomic E-state index is 0. The van der Waals surface area contributed by atoms with Crippen molar-refractivity contribution in [3.8, 4) is 0 Å². The Kier molecular flexibility index (Phi) is 6.10. The first-order chi connectivity index (χ1) is 9.76. The van der Waals surface area contributed by atoms with Gasteiger partial charge in [0, 0.05) is 16.6 Å². The van der Waals surface area contributed by atoms with E-state index in [1.807, 2.05) is 19.9 Å². The fourth-order valence-corrected chi connectivity index (χ4v) is 2.14. The predicted octanol–water partition coefficient (Wildman–Crippen LogP) is 1.43. The van der Waals surface area contributed by atoms with E-state index < -0.39 is 5.54 Å². The molecule has 2 rings (SSSR count). The number of aromatic nitrogens is 2. The van der Waals surface area contributed by atoms with Crippen molar-refractivity contribution in [3.63, 3.8) is 0 Å². The third-order valence-electron chi connectivity index (χ3n) is 2.84. The highest BCUT2D eigenvalue weighted by atomic mass is 79.9. The number of carbonyl (C=O) groups excluding carboxylic acids is 1. The van der Waals surface area contributed by atoms with E-state index >= 15 is 0 Å². The number of nitrogens with two attached hydrogens (primary N) is 1. The van der Waals surface area contributed by atoms with E-state index in [0.29, 0.717) is 17.4 Å². The second-order valence-electron chi connectivity index (χ2n) is 5.60. The first-order valence-electron chi connectivity index (χ1n) is 6.46. The zero-order chi connectivity index (χ0) is 15.6. The Morgan fingerprint density at radius 2 is 2.14 bits per heavy atom. The van der Waals surface area contributed by atoms with Crippen LogP contribution in [0.2, 0.25) is 0 Å². The number of hydrogen-bond donors (Lipinski definition) is 2. The maximum atomic E-state index is 12.3. The standard InChI is InChI=1S/C14H17BrN4O2.ClH/c1-14(2,16)7-17-12(20)6-19-8-18-11-4-3-9(15)5-10(11)13(19)21;/h3-5,8H,6-7,16H2,1-2H3,(H,17,20);1H. The van der Waals surface area contributed by atoms with Gasteiger partial charge in [0.25, 0.3) is 5.56 Å². The van der Waals surface area contributed by atoms with Crippen LogP contribution < -0.4 is 16.6 Å². The fraction of sp³-hybridized carbons (Fsp3) is 0.357. The number of rotatable bonds is 4. The number of fused-ring (bicyclic) bond motifs is 1. The van der Waals surface area contributed by atoms with Gasteiger partial charge in [-0.1, -0.05) is 15.9 Å². The molecule has 0 aliphatic carbocycles. The molecule has 6 nitrogen and oxygen atoms in total. The van der Waals surface area contributed by atoms with Crippen molar-refractivity contribution < 1.29 is 4.79 Å². The molecule has 0 saturated carbocycles. The monoisotopic (exact) mass is 388 g/mol. The second kappa shape index (κ2) is 7.21. The van der Waals surface area contributed by atoms with Gasteiger partial charge in [0.1, 0.15) is 6.54 Å². The lowest BCUT2D eigenvalue weighted by molar-refractivity contribution is -0.121. The first-order valence-corrected chi connectivity index (χ1v) is 7.26. The summed E-state index contributed by atoms with van der Waals surface area (Å²) in [6.45, 7) is 3.89. The third kappa shape index (κ3) is 4.79. The quantitative estimate of drug-likeness (QED) is 0.828. The molecule has 3 N–H and O–H groups in total. The van der Waals surface area contributed by atoms with Gasteiger partial charge in [-0.25, -0.2) is 4.98 Å². The smallest absolute Gasteiger partial charge is 0.261 e. The number of nitrogens with zero attached hydrogens (tertiary/aromatic N) is 2. The SMILES string of the molecule is CC(C)(N)CNC(=O)Cn1cnc2ccc(Br)cc2c1=O.Cl. The molecule has 22 heavy (non-hydrogen) atoms. The molecule has 1 aromatic heterocycles. The van der Waals surface area contributed by atoms with E-state index in [1.165, 1.54) is 10.9 Å². The van der Waals surface area contributed by atoms with Crippen LogP contribution in [-0.2, 0) is 11.3 Å². The van der Waals surface area contributed by atoms with Crippen LogP contribution in [-0.4, -0.2) is 27.5 Å². The molecule has 0 bridgehead atoms. The van der Waals surface area contributed by atoms with Gasteiger partial charge in [-0.3, -0.25) is 14.2 Å². The van der Waals surface area contributed by atoms with Crippen molar-refractivity contribution >= 4 is 45.1 Å². The molecule has 0 radical (unpaired) electrons. The third-order valence-corrected chi connectivity index (χ3v) is 3.33. The average Bonchev–Trinajstić information content (AvgIpc) is 2.39. The predicted molar refractivity (Wildman–Crippen MR) is 92.2 cm³/mol. The highest BCUT2D eigenvalue weighted by Gasteiger charge is 2.13. The van der Waals surface area contributed by atoms with Crippen LogP contribution in [0.15, 0.2) is 33.8 Å². The summed E-state index contributed by atoms with van der Waals surface area (Å²) in [7, 11) is 0. The summed E-state index contributed by atoms with van der Waals surface area (Å²) in [5.74, 6) is -0.272. The zero-order valence-corrected chi connectivity index (χ0v) is 14.7. The minimum atomic E-state index is -0.493. The molecule has 8 heteroatoms. The molecule has 1 aromatic carbocycles. The normalized spacial score (nSPS) is 11.1. The number of nitrogens with one attached hydrogen (secondary N) is 1. The maximum Gasteiger partial charge on any atom is 0.261 e. The lowest BCUT2D eigenvalue weighted by Crippen LogP contribution is -2.46. The molecule has 120 valence electrons. The van der Waals surface area contributed by atoms with Crippen molar-refractivity contribution in [2.45, 2.75) is 25.9 Å². The summed E-state index contributed by atoms with van der Waals surface area (Å²) < 4.78 is 2.08. The number of amides is 1. The molecule has 0 saturated heterocycles. The molecule has 0 aliphatic heterocycles. The molecule has 0 spiro atoms. The average molecular weight is 390 g/mol. The van der Waals surface area contributed by atoms with Gasteiger partial charge < -0.3 is 11.1 Å². The van der Waals surface area contributed by atoms with Gasteiger partial charge in [0.05, 0.1) is 17.2 Å². The van der Waals surface area contributed by atoms with E-state index in [4.69, 9.17) is 5.73 Å². The Bertz CT molecular complexity index is 740. The maximum absolute atomic E-state index is 12.3. The first kappa shape index (κ1) is 18.6. The van der Waals surface area contributed by atoms with Gasteiger partial charge >= 0.3 is 0 Å². The molecule has 1 amide bonds. The van der Waals surface area contributed by atoms with Gasteiger partial charge in [-0.15, -0.1) is 12.4 Å². The van der Waals surface area contributed by atoms with Crippen LogP contribution in [0.5, 0.6) is 0 Å². The largest absolute Gasteiger partial charge is 0.353 e. The molecule has 1 heterocycles. The molecular weight excluding hydrogens is 372 g/mol. The van der Waals surface area contributed by atoms with Crippen LogP contribution in [0, 0.1) is 0 Å². The summed E-state index contributed by atoms with van der Waals surface area (Å²) >= 11 is 3.32. The molecule has 0 atom stereocenters. The Labute approximate surface area is 142 Å². The van der Waals surface area contributed by atoms with Crippen molar-refractivity contribution in [2.75, 3.05) is 6.54 Å². The van der Waals surface area contributed by atoms with Crippen molar-refractivity contribution in [1.29, 1.82) is 0 Å². The molecular formula is C14H18BrClN4O2. The van der Waals surface area contributed by atoms with Crippen molar-refractivity contribution in [2.24, 2.45) is 5.73 Å². The van der Waals surface area contributed by atoms with E-state index in [1.54, 1.807) is 12.1 Å². The Balaban J connectivity index is 0.00000242. The molecule has 0 unspecified atom stereocenters. The summed E-state index contributed by atoms with van der Waals surface area (Å²) in [6.07, 6.45) is 1.38. The van der Waals surface area contributed by atoms with E-state index in [2.05, 4.69) is 26.2 Å². The number of halogens is 2. The highest BCUT2D eigenvalue weighted by molar-refractivity contribution is 9.10. The van der Waals surface area contributed by atoms with Gasteiger partial charge in [0.2, 0.25) is 5.91 Å². The number of benzene rings is 1. The fourth-order valence-electron chi connectivity index (χ4n) is 1.78. The van der Waals surface area contributed by atoms with Crippen LogP contribution in [0.3, 0.4) is 0 Å². The molecule has 0 aliphatic rings. The Hall–Kier alpha value is -1.44. The van der Waals surface area contributed by atoms with Crippen molar-refractivity contribution in [1.82, 2.24) is 14.9 Å². The number of carbonyl (C=O) groups is 1. The summed E-state index contributed by atoms with van der Waals surface area (Å²) in [6, 6.07) is 5.26. The second-order valence-corrected chi connectivity index (χ2v) is 6.52. The van der Waals surface area contributed by atoms with E-state index in [-0.39, 0.29) is 30.4 Å².